The highest BCUT2D eigenvalue weighted by Gasteiger charge is 2.32. The van der Waals surface area contributed by atoms with Gasteiger partial charge in [-0.2, -0.15) is 0 Å². The van der Waals surface area contributed by atoms with Gasteiger partial charge in [0.15, 0.2) is 0 Å². The Bertz CT molecular complexity index is 655. The first-order valence-corrected chi connectivity index (χ1v) is 8.62. The maximum atomic E-state index is 12.4. The summed E-state index contributed by atoms with van der Waals surface area (Å²) in [6.07, 6.45) is 0.860. The van der Waals surface area contributed by atoms with E-state index in [0.717, 1.165) is 6.07 Å². The second-order valence-electron chi connectivity index (χ2n) is 5.22. The van der Waals surface area contributed by atoms with Gasteiger partial charge in [-0.3, -0.25) is 0 Å². The smallest absolute Gasteiger partial charge is 0.336 e. The molecule has 0 bridgehead atoms. The molecule has 0 amide bonds. The van der Waals surface area contributed by atoms with Crippen LogP contribution in [-0.2, 0) is 10.0 Å². The lowest BCUT2D eigenvalue weighted by atomic mass is 9.82. The molecule has 1 saturated carbocycles. The number of carboxylic acids is 1. The molecular weight excluding hydrogens is 362 g/mol. The van der Waals surface area contributed by atoms with E-state index in [1.165, 1.54) is 23.5 Å². The van der Waals surface area contributed by atoms with E-state index in [9.17, 15) is 18.3 Å². The Hall–Kier alpha value is -0.960. The Labute approximate surface area is 131 Å². The van der Waals surface area contributed by atoms with Crippen molar-refractivity contribution in [3.8, 4) is 0 Å². The van der Waals surface area contributed by atoms with Crippen LogP contribution in [0.2, 0.25) is 0 Å². The van der Waals surface area contributed by atoms with E-state index in [4.69, 9.17) is 5.11 Å². The average molecular weight is 378 g/mol. The van der Waals surface area contributed by atoms with E-state index in [2.05, 4.69) is 15.9 Å². The second-order valence-corrected chi connectivity index (χ2v) is 8.12. The molecule has 6 nitrogen and oxygen atoms in total. The Morgan fingerprint density at radius 2 is 2.05 bits per heavy atom. The number of carbonyl (C=O) groups is 1. The predicted molar refractivity (Wildman–Crippen MR) is 79.6 cm³/mol. The lowest BCUT2D eigenvalue weighted by Crippen LogP contribution is -2.39. The number of hydrogen-bond donors (Lipinski definition) is 2. The molecule has 21 heavy (non-hydrogen) atoms. The van der Waals surface area contributed by atoms with Crippen LogP contribution in [0.25, 0.3) is 0 Å². The zero-order valence-electron chi connectivity index (χ0n) is 11.4. The van der Waals surface area contributed by atoms with Crippen LogP contribution >= 0.6 is 15.9 Å². The van der Waals surface area contributed by atoms with E-state index in [1.54, 1.807) is 0 Å². The molecule has 1 fully saturated rings. The average Bonchev–Trinajstić information content (AvgIpc) is 2.36. The minimum absolute atomic E-state index is 0.0505. The molecule has 0 aliphatic heterocycles. The molecule has 2 N–H and O–H groups in total. The lowest BCUT2D eigenvalue weighted by molar-refractivity contribution is 0.0367. The van der Waals surface area contributed by atoms with Crippen LogP contribution in [0.4, 0.5) is 0 Å². The maximum absolute atomic E-state index is 12.4. The van der Waals surface area contributed by atoms with Crippen LogP contribution in [0, 0.1) is 5.92 Å². The van der Waals surface area contributed by atoms with Gasteiger partial charge in [0.1, 0.15) is 0 Å². The third kappa shape index (κ3) is 3.45. The zero-order chi connectivity index (χ0) is 15.8. The molecule has 116 valence electrons. The van der Waals surface area contributed by atoms with Crippen molar-refractivity contribution in [3.05, 3.63) is 28.2 Å². The first kappa shape index (κ1) is 16.4. The number of nitrogens with zero attached hydrogens (tertiary/aromatic N) is 1. The Kier molecular flexibility index (Phi) is 4.72. The van der Waals surface area contributed by atoms with Crippen molar-refractivity contribution in [1.29, 1.82) is 0 Å². The molecule has 1 aromatic carbocycles. The minimum Gasteiger partial charge on any atom is -0.478 e. The fraction of sp³-hybridized carbons (Fsp3) is 0.462. The summed E-state index contributed by atoms with van der Waals surface area (Å²) in [5, 5.41) is 18.3. The first-order valence-electron chi connectivity index (χ1n) is 6.39. The molecule has 2 rings (SSSR count). The Balaban J connectivity index is 2.22. The number of carboxylic acid groups (broad SMARTS) is 1. The van der Waals surface area contributed by atoms with Crippen LogP contribution in [0.3, 0.4) is 0 Å². The summed E-state index contributed by atoms with van der Waals surface area (Å²) < 4.78 is 26.4. The van der Waals surface area contributed by atoms with Gasteiger partial charge in [0.25, 0.3) is 0 Å². The largest absolute Gasteiger partial charge is 0.478 e. The van der Waals surface area contributed by atoms with Crippen molar-refractivity contribution in [1.82, 2.24) is 4.31 Å². The summed E-state index contributed by atoms with van der Waals surface area (Å²) in [6, 6.07) is 3.93. The zero-order valence-corrected chi connectivity index (χ0v) is 13.8. The normalized spacial score (nSPS) is 22.1. The van der Waals surface area contributed by atoms with Crippen LogP contribution in [-0.4, -0.2) is 48.6 Å². The lowest BCUT2D eigenvalue weighted by Gasteiger charge is -2.34. The first-order chi connectivity index (χ1) is 9.71. The number of hydrogen-bond acceptors (Lipinski definition) is 4. The van der Waals surface area contributed by atoms with E-state index < -0.39 is 16.0 Å². The number of aliphatic hydroxyl groups excluding tert-OH is 1. The fourth-order valence-corrected chi connectivity index (χ4v) is 4.01. The second kappa shape index (κ2) is 6.04. The van der Waals surface area contributed by atoms with Crippen molar-refractivity contribution < 1.29 is 23.4 Å². The van der Waals surface area contributed by atoms with Gasteiger partial charge in [-0.25, -0.2) is 17.5 Å². The molecule has 0 heterocycles. The molecule has 0 spiro atoms. The van der Waals surface area contributed by atoms with Crippen molar-refractivity contribution >= 4 is 31.9 Å². The SMILES string of the molecule is CN(CC1CC(O)C1)S(=O)(=O)c1ccc(Br)c(C(=O)O)c1. The van der Waals surface area contributed by atoms with Crippen LogP contribution in [0.1, 0.15) is 23.2 Å². The van der Waals surface area contributed by atoms with Crippen LogP contribution in [0.15, 0.2) is 27.6 Å². The summed E-state index contributed by atoms with van der Waals surface area (Å²) in [5.74, 6) is -1.04. The molecule has 8 heteroatoms. The highest BCUT2D eigenvalue weighted by Crippen LogP contribution is 2.30. The molecule has 0 radical (unpaired) electrons. The van der Waals surface area contributed by atoms with Gasteiger partial charge < -0.3 is 10.2 Å². The van der Waals surface area contributed by atoms with E-state index in [-0.39, 0.29) is 22.5 Å². The summed E-state index contributed by atoms with van der Waals surface area (Å²) in [7, 11) is -2.27. The number of aliphatic hydroxyl groups is 1. The Morgan fingerprint density at radius 3 is 2.57 bits per heavy atom. The van der Waals surface area contributed by atoms with Gasteiger partial charge in [-0.15, -0.1) is 0 Å². The van der Waals surface area contributed by atoms with Gasteiger partial charge in [-0.05, 0) is 52.9 Å². The summed E-state index contributed by atoms with van der Waals surface area (Å²) >= 11 is 3.08. The van der Waals surface area contributed by atoms with Crippen molar-refractivity contribution in [2.24, 2.45) is 5.92 Å². The molecule has 1 aliphatic carbocycles. The number of halogens is 1. The number of sulfonamides is 1. The van der Waals surface area contributed by atoms with Gasteiger partial charge in [-0.1, -0.05) is 0 Å². The minimum atomic E-state index is -3.73. The number of benzene rings is 1. The van der Waals surface area contributed by atoms with Gasteiger partial charge in [0.05, 0.1) is 16.6 Å². The van der Waals surface area contributed by atoms with Crippen molar-refractivity contribution in [2.75, 3.05) is 13.6 Å². The van der Waals surface area contributed by atoms with E-state index >= 15 is 0 Å². The molecular formula is C13H16BrNO5S. The summed E-state index contributed by atoms with van der Waals surface area (Å²) in [4.78, 5) is 11.0. The summed E-state index contributed by atoms with van der Waals surface area (Å²) in [6.45, 7) is 0.317. The van der Waals surface area contributed by atoms with Gasteiger partial charge >= 0.3 is 5.97 Å². The summed E-state index contributed by atoms with van der Waals surface area (Å²) in [5.41, 5.74) is -0.0939. The topological polar surface area (TPSA) is 94.9 Å². The quantitative estimate of drug-likeness (QED) is 0.811. The van der Waals surface area contributed by atoms with Crippen molar-refractivity contribution in [3.63, 3.8) is 0 Å². The Morgan fingerprint density at radius 1 is 1.43 bits per heavy atom. The number of aromatic carboxylic acids is 1. The van der Waals surface area contributed by atoms with Gasteiger partial charge in [0.2, 0.25) is 10.0 Å². The predicted octanol–water partition coefficient (Wildman–Crippen LogP) is 1.54. The third-order valence-electron chi connectivity index (χ3n) is 3.60. The molecule has 0 unspecified atom stereocenters. The number of rotatable bonds is 5. The highest BCUT2D eigenvalue weighted by atomic mass is 79.9. The van der Waals surface area contributed by atoms with Crippen molar-refractivity contribution in [2.45, 2.75) is 23.8 Å². The monoisotopic (exact) mass is 377 g/mol. The molecule has 1 aliphatic rings. The van der Waals surface area contributed by atoms with E-state index in [1.807, 2.05) is 0 Å². The highest BCUT2D eigenvalue weighted by molar-refractivity contribution is 9.10. The third-order valence-corrected chi connectivity index (χ3v) is 6.11. The molecule has 0 aromatic heterocycles. The molecule has 1 aromatic rings. The molecule has 0 saturated heterocycles. The van der Waals surface area contributed by atoms with Gasteiger partial charge in [0, 0.05) is 18.1 Å². The maximum Gasteiger partial charge on any atom is 0.336 e. The molecule has 0 atom stereocenters. The van der Waals surface area contributed by atoms with Crippen LogP contribution in [0.5, 0.6) is 0 Å². The van der Waals surface area contributed by atoms with Crippen LogP contribution < -0.4 is 0 Å². The van der Waals surface area contributed by atoms with E-state index in [0.29, 0.717) is 23.9 Å². The standard InChI is InChI=1S/C13H16BrNO5S/c1-15(7-8-4-9(16)5-8)21(19,20)10-2-3-12(14)11(6-10)13(17)18/h2-3,6,8-9,16H,4-5,7H2,1H3,(H,17,18). The fourth-order valence-electron chi connectivity index (χ4n) is 2.32.